The van der Waals surface area contributed by atoms with Gasteiger partial charge in [0.25, 0.3) is 5.91 Å². The van der Waals surface area contributed by atoms with Crippen molar-refractivity contribution >= 4 is 29.3 Å². The number of thioether (sulfide) groups is 1. The van der Waals surface area contributed by atoms with E-state index in [0.717, 1.165) is 12.1 Å². The summed E-state index contributed by atoms with van der Waals surface area (Å²) in [6, 6.07) is 0. The summed E-state index contributed by atoms with van der Waals surface area (Å²) in [4.78, 5) is 28.0. The van der Waals surface area contributed by atoms with E-state index in [0.29, 0.717) is 24.7 Å². The van der Waals surface area contributed by atoms with Crippen LogP contribution < -0.4 is 5.32 Å². The van der Waals surface area contributed by atoms with Gasteiger partial charge in [0.2, 0.25) is 5.91 Å². The lowest BCUT2D eigenvalue weighted by atomic mass is 10.1. The van der Waals surface area contributed by atoms with E-state index in [1.165, 1.54) is 17.8 Å². The Morgan fingerprint density at radius 3 is 3.19 bits per heavy atom. The van der Waals surface area contributed by atoms with Gasteiger partial charge < -0.3 is 10.1 Å². The van der Waals surface area contributed by atoms with Crippen LogP contribution in [-0.4, -0.2) is 42.5 Å². The molecule has 0 aromatic carbocycles. The van der Waals surface area contributed by atoms with E-state index in [-0.39, 0.29) is 17.1 Å². The second kappa shape index (κ2) is 7.95. The van der Waals surface area contributed by atoms with E-state index in [4.69, 9.17) is 4.74 Å². The number of nitrogens with zero attached hydrogens (tertiary/aromatic N) is 1. The van der Waals surface area contributed by atoms with Crippen molar-refractivity contribution in [1.82, 2.24) is 5.32 Å². The maximum absolute atomic E-state index is 11.9. The van der Waals surface area contributed by atoms with Gasteiger partial charge in [0, 0.05) is 25.8 Å². The largest absolute Gasteiger partial charge is 0.382 e. The Balaban J connectivity index is 1.88. The molecule has 0 saturated heterocycles. The van der Waals surface area contributed by atoms with Crippen LogP contribution in [0.4, 0.5) is 0 Å². The molecule has 1 aliphatic heterocycles. The van der Waals surface area contributed by atoms with Crippen LogP contribution in [0.2, 0.25) is 0 Å². The number of carbonyl (C=O) groups excluding carboxylic acids is 2. The third-order valence-electron chi connectivity index (χ3n) is 2.88. The summed E-state index contributed by atoms with van der Waals surface area (Å²) < 4.78 is 5.18. The molecule has 0 spiro atoms. The summed E-state index contributed by atoms with van der Waals surface area (Å²) in [6.45, 7) is 3.75. The number of ether oxygens (including phenoxy) is 1. The predicted octanol–water partition coefficient (Wildman–Crippen LogP) is 1.62. The third-order valence-corrected chi connectivity index (χ3v) is 4.08. The SMILES string of the molecule is CCOCCCNC(=O)/C=C1\SC2C=CC=CC2=NC1=O. The molecule has 2 rings (SSSR count). The van der Waals surface area contributed by atoms with Crippen molar-refractivity contribution in [3.63, 3.8) is 0 Å². The van der Waals surface area contributed by atoms with Gasteiger partial charge in [-0.1, -0.05) is 18.2 Å². The Labute approximate surface area is 128 Å². The number of nitrogens with one attached hydrogen (secondary N) is 1. The first kappa shape index (κ1) is 15.7. The minimum absolute atomic E-state index is 0.0182. The van der Waals surface area contributed by atoms with Crippen molar-refractivity contribution in [2.45, 2.75) is 18.6 Å². The first-order chi connectivity index (χ1) is 10.2. The zero-order valence-electron chi connectivity index (χ0n) is 11.9. The number of aliphatic imine (C=N–C) groups is 1. The van der Waals surface area contributed by atoms with Crippen molar-refractivity contribution in [2.75, 3.05) is 19.8 Å². The third kappa shape index (κ3) is 4.68. The molecule has 0 aromatic rings. The summed E-state index contributed by atoms with van der Waals surface area (Å²) in [7, 11) is 0. The Hall–Kier alpha value is -1.66. The quantitative estimate of drug-likeness (QED) is 0.598. The Kier molecular flexibility index (Phi) is 5.95. The number of fused-ring (bicyclic) bond motifs is 1. The number of allylic oxidation sites excluding steroid dienone is 3. The average Bonchev–Trinajstić information content (AvgIpc) is 2.48. The molecule has 0 fully saturated rings. The van der Waals surface area contributed by atoms with Crippen LogP contribution >= 0.6 is 11.8 Å². The maximum Gasteiger partial charge on any atom is 0.283 e. The molecule has 1 N–H and O–H groups in total. The lowest BCUT2D eigenvalue weighted by molar-refractivity contribution is -0.117. The standard InChI is InChI=1S/C15H18N2O3S/c1-2-20-9-5-8-16-14(18)10-13-15(19)17-11-6-3-4-7-12(11)21-13/h3-4,6-7,10,12H,2,5,8-9H2,1H3,(H,16,18)/b13-10-. The molecule has 0 bridgehead atoms. The monoisotopic (exact) mass is 306 g/mol. The number of hydrogen-bond donors (Lipinski definition) is 1. The lowest BCUT2D eigenvalue weighted by Crippen LogP contribution is -2.26. The molecule has 2 amide bonds. The molecule has 1 heterocycles. The van der Waals surface area contributed by atoms with Gasteiger partial charge in [-0.25, -0.2) is 4.99 Å². The van der Waals surface area contributed by atoms with Crippen LogP contribution in [0.1, 0.15) is 13.3 Å². The fraction of sp³-hybridized carbons (Fsp3) is 0.400. The lowest BCUT2D eigenvalue weighted by Gasteiger charge is -2.20. The van der Waals surface area contributed by atoms with Gasteiger partial charge >= 0.3 is 0 Å². The number of carbonyl (C=O) groups is 2. The zero-order valence-corrected chi connectivity index (χ0v) is 12.7. The van der Waals surface area contributed by atoms with E-state index in [2.05, 4.69) is 10.3 Å². The van der Waals surface area contributed by atoms with Gasteiger partial charge in [0.1, 0.15) is 0 Å². The van der Waals surface area contributed by atoms with E-state index in [1.807, 2.05) is 31.2 Å². The van der Waals surface area contributed by atoms with Crippen LogP contribution in [0.3, 0.4) is 0 Å². The second-order valence-electron chi connectivity index (χ2n) is 4.47. The average molecular weight is 306 g/mol. The number of rotatable bonds is 6. The van der Waals surface area contributed by atoms with Crippen molar-refractivity contribution < 1.29 is 14.3 Å². The molecular weight excluding hydrogens is 288 g/mol. The molecule has 1 aliphatic carbocycles. The predicted molar refractivity (Wildman–Crippen MR) is 84.3 cm³/mol. The van der Waals surface area contributed by atoms with Gasteiger partial charge in [-0.2, -0.15) is 0 Å². The van der Waals surface area contributed by atoms with Gasteiger partial charge in [-0.05, 0) is 19.4 Å². The highest BCUT2D eigenvalue weighted by Crippen LogP contribution is 2.31. The van der Waals surface area contributed by atoms with Crippen molar-refractivity contribution in [3.8, 4) is 0 Å². The molecule has 0 radical (unpaired) electrons. The van der Waals surface area contributed by atoms with E-state index < -0.39 is 0 Å². The Morgan fingerprint density at radius 2 is 2.38 bits per heavy atom. The van der Waals surface area contributed by atoms with Gasteiger partial charge in [-0.15, -0.1) is 11.8 Å². The topological polar surface area (TPSA) is 67.8 Å². The molecule has 6 heteroatoms. The molecule has 2 aliphatic rings. The van der Waals surface area contributed by atoms with Crippen LogP contribution in [-0.2, 0) is 14.3 Å². The van der Waals surface area contributed by atoms with E-state index in [9.17, 15) is 9.59 Å². The van der Waals surface area contributed by atoms with Gasteiger partial charge in [-0.3, -0.25) is 9.59 Å². The Morgan fingerprint density at radius 1 is 1.52 bits per heavy atom. The first-order valence-electron chi connectivity index (χ1n) is 6.92. The number of hydrogen-bond acceptors (Lipinski definition) is 4. The summed E-state index contributed by atoms with van der Waals surface area (Å²) in [5.41, 5.74) is 0.738. The molecule has 0 saturated carbocycles. The fourth-order valence-corrected chi connectivity index (χ4v) is 2.89. The van der Waals surface area contributed by atoms with Gasteiger partial charge in [0.05, 0.1) is 15.9 Å². The minimum Gasteiger partial charge on any atom is -0.382 e. The molecule has 0 aromatic heterocycles. The summed E-state index contributed by atoms with van der Waals surface area (Å²) in [5.74, 6) is -0.619. The fourth-order valence-electron chi connectivity index (χ4n) is 1.87. The van der Waals surface area contributed by atoms with Crippen LogP contribution in [0.25, 0.3) is 0 Å². The molecule has 5 nitrogen and oxygen atoms in total. The summed E-state index contributed by atoms with van der Waals surface area (Å²) >= 11 is 1.36. The highest BCUT2D eigenvalue weighted by atomic mass is 32.2. The van der Waals surface area contributed by atoms with Gasteiger partial charge in [0.15, 0.2) is 0 Å². The summed E-state index contributed by atoms with van der Waals surface area (Å²) in [6.07, 6.45) is 9.63. The zero-order chi connectivity index (χ0) is 15.1. The van der Waals surface area contributed by atoms with E-state index in [1.54, 1.807) is 0 Å². The van der Waals surface area contributed by atoms with Crippen LogP contribution in [0, 0.1) is 0 Å². The molecular formula is C15H18N2O3S. The molecule has 1 atom stereocenters. The van der Waals surface area contributed by atoms with Crippen molar-refractivity contribution in [3.05, 3.63) is 35.3 Å². The highest BCUT2D eigenvalue weighted by molar-refractivity contribution is 8.05. The second-order valence-corrected chi connectivity index (χ2v) is 5.66. The molecule has 112 valence electrons. The normalized spacial score (nSPS) is 22.1. The van der Waals surface area contributed by atoms with Crippen molar-refractivity contribution in [2.24, 2.45) is 4.99 Å². The summed E-state index contributed by atoms with van der Waals surface area (Å²) in [5, 5.41) is 2.76. The minimum atomic E-state index is -0.351. The van der Waals surface area contributed by atoms with E-state index >= 15 is 0 Å². The first-order valence-corrected chi connectivity index (χ1v) is 7.80. The number of amides is 2. The maximum atomic E-state index is 11.9. The highest BCUT2D eigenvalue weighted by Gasteiger charge is 2.26. The smallest absolute Gasteiger partial charge is 0.283 e. The van der Waals surface area contributed by atoms with Crippen LogP contribution in [0.5, 0.6) is 0 Å². The molecule has 1 unspecified atom stereocenters. The Bertz CT molecular complexity index is 535. The molecule has 21 heavy (non-hydrogen) atoms. The van der Waals surface area contributed by atoms with Crippen LogP contribution in [0.15, 0.2) is 40.3 Å². The van der Waals surface area contributed by atoms with Crippen molar-refractivity contribution in [1.29, 1.82) is 0 Å².